The van der Waals surface area contributed by atoms with Crippen molar-refractivity contribution in [2.45, 2.75) is 38.2 Å². The normalized spacial score (nSPS) is 14.7. The molecule has 0 atom stereocenters. The molecule has 0 saturated heterocycles. The molecule has 0 radical (unpaired) electrons. The smallest absolute Gasteiger partial charge is 0.0187 e. The Bertz CT molecular complexity index is 131. The summed E-state index contributed by atoms with van der Waals surface area (Å²) in [5, 5.41) is 0.495. The molecule has 0 heterocycles. The van der Waals surface area contributed by atoms with E-state index in [1.807, 2.05) is 27.7 Å². The Labute approximate surface area is 65.0 Å². The monoisotopic (exact) mass is 165 g/mol. The standard InChI is InChI=1S/C7H19NOS/c1-6(2)10(9,8-5)7(3)4/h6-7,10H,1-5H3,(H,8,9). The van der Waals surface area contributed by atoms with Crippen LogP contribution in [0.25, 0.3) is 0 Å². The Kier molecular flexibility index (Phi) is 3.52. The second-order valence-electron chi connectivity index (χ2n) is 3.12. The molecule has 0 spiro atoms. The van der Waals surface area contributed by atoms with Gasteiger partial charge in [0.15, 0.2) is 0 Å². The van der Waals surface area contributed by atoms with Crippen LogP contribution in [0, 0.1) is 0 Å². The summed E-state index contributed by atoms with van der Waals surface area (Å²) < 4.78 is 14.8. The van der Waals surface area contributed by atoms with Crippen molar-refractivity contribution in [2.24, 2.45) is 0 Å². The second kappa shape index (κ2) is 3.49. The molecule has 0 aliphatic heterocycles. The van der Waals surface area contributed by atoms with Gasteiger partial charge in [0, 0.05) is 10.5 Å². The third kappa shape index (κ3) is 1.80. The van der Waals surface area contributed by atoms with Crippen molar-refractivity contribution in [2.75, 3.05) is 7.05 Å². The number of hydrogen-bond acceptors (Lipinski definition) is 1. The van der Waals surface area contributed by atoms with Crippen LogP contribution < -0.4 is 4.72 Å². The van der Waals surface area contributed by atoms with Gasteiger partial charge < -0.3 is 0 Å². The molecular formula is C7H19NOS. The molecule has 64 valence electrons. The quantitative estimate of drug-likeness (QED) is 0.599. The minimum Gasteiger partial charge on any atom is -0.271 e. The van der Waals surface area contributed by atoms with E-state index in [1.54, 1.807) is 7.05 Å². The number of nitrogens with one attached hydrogen (secondary N) is 1. The number of thiol groups is 1. The van der Waals surface area contributed by atoms with E-state index >= 15 is 0 Å². The minimum atomic E-state index is -2.09. The zero-order chi connectivity index (χ0) is 8.36. The zero-order valence-corrected chi connectivity index (χ0v) is 8.40. The van der Waals surface area contributed by atoms with Crippen LogP contribution in [0.1, 0.15) is 27.7 Å². The Morgan fingerprint density at radius 3 is 1.40 bits per heavy atom. The van der Waals surface area contributed by atoms with Crippen molar-refractivity contribution in [3.8, 4) is 0 Å². The maximum Gasteiger partial charge on any atom is 0.0187 e. The molecule has 0 saturated carbocycles. The van der Waals surface area contributed by atoms with E-state index in [9.17, 15) is 4.21 Å². The first-order valence-corrected chi connectivity index (χ1v) is 5.58. The van der Waals surface area contributed by atoms with Crippen molar-refractivity contribution in [1.82, 2.24) is 4.72 Å². The van der Waals surface area contributed by atoms with Gasteiger partial charge in [-0.25, -0.2) is 0 Å². The summed E-state index contributed by atoms with van der Waals surface area (Å²) in [5.74, 6) is 0. The first-order valence-electron chi connectivity index (χ1n) is 3.73. The van der Waals surface area contributed by atoms with Gasteiger partial charge in [0.1, 0.15) is 0 Å². The highest BCUT2D eigenvalue weighted by Crippen LogP contribution is 2.13. The molecule has 0 bridgehead atoms. The Morgan fingerprint density at radius 2 is 1.40 bits per heavy atom. The van der Waals surface area contributed by atoms with Gasteiger partial charge in [-0.15, -0.1) is 0 Å². The van der Waals surface area contributed by atoms with Crippen molar-refractivity contribution in [1.29, 1.82) is 0 Å². The lowest BCUT2D eigenvalue weighted by molar-refractivity contribution is 0.646. The van der Waals surface area contributed by atoms with E-state index < -0.39 is 10.1 Å². The van der Waals surface area contributed by atoms with Crippen LogP contribution >= 0.6 is 0 Å². The topological polar surface area (TPSA) is 29.1 Å². The van der Waals surface area contributed by atoms with Gasteiger partial charge in [-0.1, -0.05) is 37.8 Å². The molecule has 0 amide bonds. The molecule has 0 aromatic carbocycles. The number of hydrogen-bond donors (Lipinski definition) is 2. The van der Waals surface area contributed by atoms with Gasteiger partial charge >= 0.3 is 0 Å². The summed E-state index contributed by atoms with van der Waals surface area (Å²) in [5.41, 5.74) is 0. The van der Waals surface area contributed by atoms with Crippen molar-refractivity contribution < 1.29 is 4.21 Å². The summed E-state index contributed by atoms with van der Waals surface area (Å²) in [6, 6.07) is 0. The lowest BCUT2D eigenvalue weighted by Crippen LogP contribution is -2.42. The summed E-state index contributed by atoms with van der Waals surface area (Å²) in [4.78, 5) is 0. The zero-order valence-electron chi connectivity index (χ0n) is 7.51. The van der Waals surface area contributed by atoms with Gasteiger partial charge in [-0.2, -0.15) is 0 Å². The van der Waals surface area contributed by atoms with E-state index in [0.717, 1.165) is 0 Å². The van der Waals surface area contributed by atoms with Gasteiger partial charge in [0.05, 0.1) is 0 Å². The fraction of sp³-hybridized carbons (Fsp3) is 1.00. The van der Waals surface area contributed by atoms with Crippen LogP contribution in [0.4, 0.5) is 0 Å². The van der Waals surface area contributed by atoms with Crippen LogP contribution in [0.3, 0.4) is 0 Å². The molecule has 0 aromatic heterocycles. The van der Waals surface area contributed by atoms with Crippen molar-refractivity contribution >= 4 is 10.1 Å². The maximum atomic E-state index is 11.9. The lowest BCUT2D eigenvalue weighted by atomic mass is 10.5. The fourth-order valence-electron chi connectivity index (χ4n) is 1.11. The van der Waals surface area contributed by atoms with Crippen LogP contribution in [0.15, 0.2) is 0 Å². The first kappa shape index (κ1) is 10.1. The Morgan fingerprint density at radius 1 is 1.10 bits per heavy atom. The van der Waals surface area contributed by atoms with Crippen LogP contribution in [0.2, 0.25) is 0 Å². The van der Waals surface area contributed by atoms with E-state index in [4.69, 9.17) is 0 Å². The van der Waals surface area contributed by atoms with Gasteiger partial charge in [0.25, 0.3) is 0 Å². The van der Waals surface area contributed by atoms with E-state index in [1.165, 1.54) is 0 Å². The van der Waals surface area contributed by atoms with E-state index in [-0.39, 0.29) is 10.5 Å². The Balaban J connectivity index is 4.40. The Hall–Kier alpha value is 0.110. The third-order valence-electron chi connectivity index (χ3n) is 1.88. The van der Waals surface area contributed by atoms with Crippen molar-refractivity contribution in [3.63, 3.8) is 0 Å². The maximum absolute atomic E-state index is 11.9. The number of rotatable bonds is 3. The third-order valence-corrected chi connectivity index (χ3v) is 5.65. The first-order chi connectivity index (χ1) is 4.45. The largest absolute Gasteiger partial charge is 0.271 e. The van der Waals surface area contributed by atoms with Gasteiger partial charge in [-0.05, 0) is 7.05 Å². The molecule has 0 unspecified atom stereocenters. The second-order valence-corrected chi connectivity index (χ2v) is 7.05. The van der Waals surface area contributed by atoms with Gasteiger partial charge in [0.2, 0.25) is 0 Å². The summed E-state index contributed by atoms with van der Waals surface area (Å²) in [7, 11) is -0.316. The molecule has 0 aliphatic rings. The summed E-state index contributed by atoms with van der Waals surface area (Å²) >= 11 is 0. The SMILES string of the molecule is CN[SH](=O)(C(C)C)C(C)C. The summed E-state index contributed by atoms with van der Waals surface area (Å²) in [6.45, 7) is 7.99. The van der Waals surface area contributed by atoms with Crippen LogP contribution in [-0.2, 0) is 10.1 Å². The molecule has 2 nitrogen and oxygen atoms in total. The highest BCUT2D eigenvalue weighted by molar-refractivity contribution is 8.02. The molecule has 0 fully saturated rings. The average Bonchev–Trinajstić information content (AvgIpc) is 1.85. The van der Waals surface area contributed by atoms with Crippen LogP contribution in [0.5, 0.6) is 0 Å². The lowest BCUT2D eigenvalue weighted by Gasteiger charge is -2.31. The predicted molar refractivity (Wildman–Crippen MR) is 48.9 cm³/mol. The molecule has 3 heteroatoms. The van der Waals surface area contributed by atoms with Crippen LogP contribution in [-0.4, -0.2) is 21.8 Å². The highest BCUT2D eigenvalue weighted by Gasteiger charge is 2.20. The van der Waals surface area contributed by atoms with Crippen molar-refractivity contribution in [3.05, 3.63) is 0 Å². The molecular weight excluding hydrogens is 146 g/mol. The molecule has 1 N–H and O–H groups in total. The van der Waals surface area contributed by atoms with Gasteiger partial charge in [-0.3, -0.25) is 8.93 Å². The molecule has 0 rings (SSSR count). The highest BCUT2D eigenvalue weighted by atomic mass is 32.3. The van der Waals surface area contributed by atoms with E-state index in [2.05, 4.69) is 4.72 Å². The van der Waals surface area contributed by atoms with E-state index in [0.29, 0.717) is 0 Å². The molecule has 0 aromatic rings. The minimum absolute atomic E-state index is 0.248. The fourth-order valence-corrected chi connectivity index (χ4v) is 3.34. The summed E-state index contributed by atoms with van der Waals surface area (Å²) in [6.07, 6.45) is 0. The predicted octanol–water partition coefficient (Wildman–Crippen LogP) is 0.954. The molecule has 10 heavy (non-hydrogen) atoms. The molecule has 0 aliphatic carbocycles. The average molecular weight is 165 g/mol.